The molecule has 1 N–H and O–H groups in total. The van der Waals surface area contributed by atoms with Crippen LogP contribution < -0.4 is 10.1 Å². The number of carbonyl (C=O) groups excluding carboxylic acids is 2. The van der Waals surface area contributed by atoms with Gasteiger partial charge in [0.1, 0.15) is 10.6 Å². The average Bonchev–Trinajstić information content (AvgIpc) is 3.13. The van der Waals surface area contributed by atoms with E-state index < -0.39 is 5.97 Å². The van der Waals surface area contributed by atoms with Gasteiger partial charge < -0.3 is 14.8 Å². The quantitative estimate of drug-likeness (QED) is 0.589. The summed E-state index contributed by atoms with van der Waals surface area (Å²) in [4.78, 5) is 28.6. The molecule has 0 fully saturated rings. The Hall–Kier alpha value is -2.71. The van der Waals surface area contributed by atoms with E-state index in [1.165, 1.54) is 13.3 Å². The smallest absolute Gasteiger partial charge is 0.348 e. The van der Waals surface area contributed by atoms with Crippen molar-refractivity contribution in [2.75, 3.05) is 12.4 Å². The number of hydrogen-bond acceptors (Lipinski definition) is 6. The molecular weight excluding hydrogens is 420 g/mol. The van der Waals surface area contributed by atoms with Gasteiger partial charge in [-0.05, 0) is 36.4 Å². The van der Waals surface area contributed by atoms with E-state index in [1.807, 2.05) is 24.3 Å². The predicted molar refractivity (Wildman–Crippen MR) is 102 cm³/mol. The fourth-order valence-electron chi connectivity index (χ4n) is 2.03. The van der Waals surface area contributed by atoms with Gasteiger partial charge in [-0.15, -0.1) is 11.3 Å². The monoisotopic (exact) mass is 432 g/mol. The molecule has 0 atom stereocenters. The van der Waals surface area contributed by atoms with Gasteiger partial charge in [0, 0.05) is 10.5 Å². The van der Waals surface area contributed by atoms with Crippen molar-refractivity contribution in [1.82, 2.24) is 4.98 Å². The number of esters is 1. The van der Waals surface area contributed by atoms with E-state index in [9.17, 15) is 9.59 Å². The van der Waals surface area contributed by atoms with Gasteiger partial charge in [-0.2, -0.15) is 0 Å². The number of halogens is 1. The summed E-state index contributed by atoms with van der Waals surface area (Å²) >= 11 is 4.44. The molecule has 2 aromatic heterocycles. The molecule has 0 radical (unpaired) electrons. The third kappa shape index (κ3) is 4.47. The molecule has 26 heavy (non-hydrogen) atoms. The largest absolute Gasteiger partial charge is 0.465 e. The fourth-order valence-corrected chi connectivity index (χ4v) is 3.23. The van der Waals surface area contributed by atoms with Crippen LogP contribution in [-0.2, 0) is 4.74 Å². The van der Waals surface area contributed by atoms with Crippen molar-refractivity contribution in [2.24, 2.45) is 0 Å². The standard InChI is InChI=1S/C18H13BrN2O4S/c1-24-18(23)15-7-6-14(26-15)17(22)21-12-5-8-16(20-10-12)25-13-4-2-3-11(19)9-13/h2-10H,1H3,(H,21,22). The van der Waals surface area contributed by atoms with Crippen LogP contribution in [0.2, 0.25) is 0 Å². The SMILES string of the molecule is COC(=O)c1ccc(C(=O)Nc2ccc(Oc3cccc(Br)c3)nc2)s1. The number of carbonyl (C=O) groups is 2. The third-order valence-corrected chi connectivity index (χ3v) is 4.79. The number of methoxy groups -OCH3 is 1. The van der Waals surface area contributed by atoms with Crippen LogP contribution in [0.3, 0.4) is 0 Å². The summed E-state index contributed by atoms with van der Waals surface area (Å²) in [6, 6.07) is 13.9. The maximum absolute atomic E-state index is 12.2. The second-order valence-corrected chi connectivity index (χ2v) is 7.05. The number of aromatic nitrogens is 1. The summed E-state index contributed by atoms with van der Waals surface area (Å²) in [7, 11) is 1.30. The molecule has 8 heteroatoms. The van der Waals surface area contributed by atoms with Gasteiger partial charge >= 0.3 is 5.97 Å². The van der Waals surface area contributed by atoms with E-state index in [0.717, 1.165) is 15.8 Å². The van der Waals surface area contributed by atoms with E-state index in [-0.39, 0.29) is 5.91 Å². The minimum Gasteiger partial charge on any atom is -0.465 e. The third-order valence-electron chi connectivity index (χ3n) is 3.23. The van der Waals surface area contributed by atoms with Crippen molar-refractivity contribution in [3.8, 4) is 11.6 Å². The highest BCUT2D eigenvalue weighted by Crippen LogP contribution is 2.24. The first kappa shape index (κ1) is 18.1. The molecule has 0 unspecified atom stereocenters. The van der Waals surface area contributed by atoms with Gasteiger partial charge in [0.05, 0.1) is 23.9 Å². The highest BCUT2D eigenvalue weighted by atomic mass is 79.9. The van der Waals surface area contributed by atoms with E-state index in [0.29, 0.717) is 27.1 Å². The maximum atomic E-state index is 12.2. The number of thiophene rings is 1. The van der Waals surface area contributed by atoms with Crippen molar-refractivity contribution in [2.45, 2.75) is 0 Å². The minimum atomic E-state index is -0.468. The van der Waals surface area contributed by atoms with Crippen LogP contribution in [0.1, 0.15) is 19.3 Å². The zero-order valence-electron chi connectivity index (χ0n) is 13.6. The Balaban J connectivity index is 1.64. The maximum Gasteiger partial charge on any atom is 0.348 e. The summed E-state index contributed by atoms with van der Waals surface area (Å²) in [5.41, 5.74) is 0.518. The second kappa shape index (κ2) is 8.11. The number of amides is 1. The number of rotatable bonds is 5. The molecule has 6 nitrogen and oxygen atoms in total. The van der Waals surface area contributed by atoms with Crippen LogP contribution in [0.15, 0.2) is 59.2 Å². The highest BCUT2D eigenvalue weighted by Gasteiger charge is 2.14. The highest BCUT2D eigenvalue weighted by molar-refractivity contribution is 9.10. The Morgan fingerprint density at radius 1 is 1.12 bits per heavy atom. The summed E-state index contributed by atoms with van der Waals surface area (Å²) < 4.78 is 11.2. The molecule has 1 amide bonds. The number of nitrogens with one attached hydrogen (secondary N) is 1. The summed E-state index contributed by atoms with van der Waals surface area (Å²) in [6.45, 7) is 0. The van der Waals surface area contributed by atoms with Crippen molar-refractivity contribution in [3.63, 3.8) is 0 Å². The lowest BCUT2D eigenvalue weighted by molar-refractivity contribution is 0.0606. The van der Waals surface area contributed by atoms with Crippen molar-refractivity contribution in [3.05, 3.63) is 69.0 Å². The van der Waals surface area contributed by atoms with Crippen molar-refractivity contribution < 1.29 is 19.1 Å². The van der Waals surface area contributed by atoms with Crippen molar-refractivity contribution >= 4 is 44.8 Å². The molecule has 0 spiro atoms. The van der Waals surface area contributed by atoms with Gasteiger partial charge in [0.15, 0.2) is 0 Å². The van der Waals surface area contributed by atoms with Crippen molar-refractivity contribution in [1.29, 1.82) is 0 Å². The van der Waals surface area contributed by atoms with Gasteiger partial charge in [-0.1, -0.05) is 22.0 Å². The first-order valence-corrected chi connectivity index (χ1v) is 9.05. The molecule has 1 aromatic carbocycles. The number of ether oxygens (including phenoxy) is 2. The first-order chi connectivity index (χ1) is 12.5. The Kier molecular flexibility index (Phi) is 5.65. The Morgan fingerprint density at radius 3 is 2.62 bits per heavy atom. The van der Waals surface area contributed by atoms with E-state index in [1.54, 1.807) is 24.3 Å². The fraction of sp³-hybridized carbons (Fsp3) is 0.0556. The Morgan fingerprint density at radius 2 is 1.92 bits per heavy atom. The van der Waals surface area contributed by atoms with Crippen LogP contribution in [-0.4, -0.2) is 24.0 Å². The first-order valence-electron chi connectivity index (χ1n) is 7.44. The van der Waals surface area contributed by atoms with E-state index in [4.69, 9.17) is 4.74 Å². The van der Waals surface area contributed by atoms with Crippen LogP contribution in [0.4, 0.5) is 5.69 Å². The lowest BCUT2D eigenvalue weighted by Crippen LogP contribution is -2.10. The molecule has 3 aromatic rings. The van der Waals surface area contributed by atoms with Crippen LogP contribution >= 0.6 is 27.3 Å². The van der Waals surface area contributed by atoms with Gasteiger partial charge in [0.25, 0.3) is 5.91 Å². The summed E-state index contributed by atoms with van der Waals surface area (Å²) in [5, 5.41) is 2.72. The number of nitrogens with zero attached hydrogens (tertiary/aromatic N) is 1. The van der Waals surface area contributed by atoms with Crippen LogP contribution in [0.25, 0.3) is 0 Å². The number of pyridine rings is 1. The lowest BCUT2D eigenvalue weighted by Gasteiger charge is -2.07. The molecule has 0 aliphatic heterocycles. The Bertz CT molecular complexity index is 940. The summed E-state index contributed by atoms with van der Waals surface area (Å²) in [6.07, 6.45) is 1.50. The van der Waals surface area contributed by atoms with E-state index in [2.05, 4.69) is 31.0 Å². The molecular formula is C18H13BrN2O4S. The van der Waals surface area contributed by atoms with Gasteiger partial charge in [-0.25, -0.2) is 9.78 Å². The van der Waals surface area contributed by atoms with Crippen LogP contribution in [0.5, 0.6) is 11.6 Å². The molecule has 0 bridgehead atoms. The predicted octanol–water partition coefficient (Wildman–Crippen LogP) is 4.74. The minimum absolute atomic E-state index is 0.326. The molecule has 0 saturated heterocycles. The molecule has 3 rings (SSSR count). The van der Waals surface area contributed by atoms with Crippen LogP contribution in [0, 0.1) is 0 Å². The normalized spacial score (nSPS) is 10.2. The summed E-state index contributed by atoms with van der Waals surface area (Å²) in [5.74, 6) is 0.264. The zero-order valence-corrected chi connectivity index (χ0v) is 16.0. The molecule has 0 saturated carbocycles. The molecule has 132 valence electrons. The molecule has 2 heterocycles. The number of benzene rings is 1. The topological polar surface area (TPSA) is 77.5 Å². The van der Waals surface area contributed by atoms with Gasteiger partial charge in [-0.3, -0.25) is 4.79 Å². The number of hydrogen-bond donors (Lipinski definition) is 1. The van der Waals surface area contributed by atoms with Gasteiger partial charge in [0.2, 0.25) is 5.88 Å². The lowest BCUT2D eigenvalue weighted by atomic mass is 10.3. The second-order valence-electron chi connectivity index (χ2n) is 5.05. The Labute approximate surface area is 161 Å². The number of anilines is 1. The molecule has 0 aliphatic rings. The molecule has 0 aliphatic carbocycles. The van der Waals surface area contributed by atoms with E-state index >= 15 is 0 Å². The average molecular weight is 433 g/mol. The zero-order chi connectivity index (χ0) is 18.5.